The highest BCUT2D eigenvalue weighted by molar-refractivity contribution is 6.52. The standard InChI is InChI=1S/C13H14Cl4N2O/c1-2-5-19(6-7-3-4-7)13(20)11-9(15)8(14)10(16)12(17)18-11/h7H,2-6H2,1H3. The predicted molar refractivity (Wildman–Crippen MR) is 83.2 cm³/mol. The van der Waals surface area contributed by atoms with Crippen molar-refractivity contribution in [3.63, 3.8) is 0 Å². The molecular formula is C13H14Cl4N2O. The van der Waals surface area contributed by atoms with Crippen LogP contribution < -0.4 is 0 Å². The smallest absolute Gasteiger partial charge is 0.274 e. The van der Waals surface area contributed by atoms with Gasteiger partial charge in [0.1, 0.15) is 10.8 Å². The molecule has 1 saturated carbocycles. The van der Waals surface area contributed by atoms with Crippen molar-refractivity contribution in [3.05, 3.63) is 25.9 Å². The minimum Gasteiger partial charge on any atom is -0.337 e. The van der Waals surface area contributed by atoms with Gasteiger partial charge in [-0.2, -0.15) is 0 Å². The Kier molecular flexibility index (Phi) is 5.41. The summed E-state index contributed by atoms with van der Waals surface area (Å²) in [5, 5.41) is 0.189. The van der Waals surface area contributed by atoms with E-state index in [1.807, 2.05) is 6.92 Å². The van der Waals surface area contributed by atoms with E-state index >= 15 is 0 Å². The van der Waals surface area contributed by atoms with Crippen LogP contribution in [0.4, 0.5) is 0 Å². The molecule has 1 aromatic rings. The molecule has 1 aliphatic rings. The fraction of sp³-hybridized carbons (Fsp3) is 0.538. The van der Waals surface area contributed by atoms with E-state index in [2.05, 4.69) is 4.98 Å². The first-order chi connectivity index (χ1) is 9.45. The highest BCUT2D eigenvalue weighted by atomic mass is 35.5. The second-order valence-corrected chi connectivity index (χ2v) is 6.38. The number of aromatic nitrogens is 1. The summed E-state index contributed by atoms with van der Waals surface area (Å²) in [6.45, 7) is 3.40. The minimum atomic E-state index is -0.246. The van der Waals surface area contributed by atoms with Gasteiger partial charge in [0.2, 0.25) is 0 Å². The maximum Gasteiger partial charge on any atom is 0.274 e. The number of rotatable bonds is 5. The van der Waals surface area contributed by atoms with Crippen LogP contribution in [0.3, 0.4) is 0 Å². The summed E-state index contributed by atoms with van der Waals surface area (Å²) in [5.41, 5.74) is 0.0696. The van der Waals surface area contributed by atoms with Crippen LogP contribution in [0.25, 0.3) is 0 Å². The van der Waals surface area contributed by atoms with Gasteiger partial charge in [-0.1, -0.05) is 53.3 Å². The van der Waals surface area contributed by atoms with Crippen LogP contribution in [0, 0.1) is 5.92 Å². The van der Waals surface area contributed by atoms with Crippen molar-refractivity contribution in [2.24, 2.45) is 5.92 Å². The van der Waals surface area contributed by atoms with Gasteiger partial charge in [0.25, 0.3) is 5.91 Å². The summed E-state index contributed by atoms with van der Waals surface area (Å²) < 4.78 is 0. The number of pyridine rings is 1. The Morgan fingerprint density at radius 2 is 1.85 bits per heavy atom. The summed E-state index contributed by atoms with van der Waals surface area (Å²) in [6.07, 6.45) is 3.19. The van der Waals surface area contributed by atoms with E-state index in [1.54, 1.807) is 4.90 Å². The second-order valence-electron chi connectivity index (χ2n) is 4.89. The van der Waals surface area contributed by atoms with Crippen LogP contribution in [0.5, 0.6) is 0 Å². The van der Waals surface area contributed by atoms with E-state index in [0.717, 1.165) is 25.8 Å². The molecule has 0 aliphatic heterocycles. The van der Waals surface area contributed by atoms with Crippen LogP contribution in [0.2, 0.25) is 20.2 Å². The lowest BCUT2D eigenvalue weighted by molar-refractivity contribution is 0.0742. The first-order valence-corrected chi connectivity index (χ1v) is 7.96. The molecule has 1 amide bonds. The van der Waals surface area contributed by atoms with Crippen LogP contribution in [-0.2, 0) is 0 Å². The topological polar surface area (TPSA) is 33.2 Å². The van der Waals surface area contributed by atoms with Crippen molar-refractivity contribution >= 4 is 52.3 Å². The van der Waals surface area contributed by atoms with E-state index in [0.29, 0.717) is 12.5 Å². The highest BCUT2D eigenvalue weighted by Gasteiger charge is 2.29. The summed E-state index contributed by atoms with van der Waals surface area (Å²) in [4.78, 5) is 18.3. The molecule has 7 heteroatoms. The van der Waals surface area contributed by atoms with Crippen LogP contribution in [0.15, 0.2) is 0 Å². The SMILES string of the molecule is CCCN(CC1CC1)C(=O)c1nc(Cl)c(Cl)c(Cl)c1Cl. The van der Waals surface area contributed by atoms with Gasteiger partial charge in [-0.3, -0.25) is 4.79 Å². The molecule has 0 unspecified atom stereocenters. The molecule has 1 fully saturated rings. The van der Waals surface area contributed by atoms with Crippen molar-refractivity contribution in [3.8, 4) is 0 Å². The molecule has 1 heterocycles. The van der Waals surface area contributed by atoms with Crippen molar-refractivity contribution in [1.82, 2.24) is 9.88 Å². The monoisotopic (exact) mass is 354 g/mol. The van der Waals surface area contributed by atoms with Gasteiger partial charge in [0.15, 0.2) is 0 Å². The van der Waals surface area contributed by atoms with Gasteiger partial charge in [0.05, 0.1) is 15.1 Å². The average Bonchev–Trinajstić information content (AvgIpc) is 3.23. The fourth-order valence-corrected chi connectivity index (χ4v) is 2.75. The molecule has 0 aromatic carbocycles. The number of amides is 1. The summed E-state index contributed by atoms with van der Waals surface area (Å²) in [7, 11) is 0. The lowest BCUT2D eigenvalue weighted by atomic mass is 10.2. The third-order valence-corrected chi connectivity index (χ3v) is 4.82. The Hall–Kier alpha value is -0.220. The predicted octanol–water partition coefficient (Wildman–Crippen LogP) is 4.96. The van der Waals surface area contributed by atoms with Gasteiger partial charge in [0, 0.05) is 13.1 Å². The van der Waals surface area contributed by atoms with Gasteiger partial charge in [-0.15, -0.1) is 0 Å². The molecule has 0 atom stereocenters. The van der Waals surface area contributed by atoms with Gasteiger partial charge < -0.3 is 4.90 Å². The van der Waals surface area contributed by atoms with E-state index in [1.165, 1.54) is 0 Å². The maximum absolute atomic E-state index is 12.6. The molecule has 110 valence electrons. The van der Waals surface area contributed by atoms with Gasteiger partial charge in [-0.25, -0.2) is 4.98 Å². The average molecular weight is 356 g/mol. The zero-order chi connectivity index (χ0) is 14.9. The molecule has 20 heavy (non-hydrogen) atoms. The Balaban J connectivity index is 2.30. The second kappa shape index (κ2) is 6.69. The van der Waals surface area contributed by atoms with Gasteiger partial charge in [-0.05, 0) is 25.2 Å². The molecule has 3 nitrogen and oxygen atoms in total. The molecule has 1 aliphatic carbocycles. The zero-order valence-electron chi connectivity index (χ0n) is 10.9. The third kappa shape index (κ3) is 3.51. The van der Waals surface area contributed by atoms with Crippen LogP contribution in [0.1, 0.15) is 36.7 Å². The third-order valence-electron chi connectivity index (χ3n) is 3.14. The molecule has 1 aromatic heterocycles. The number of carbonyl (C=O) groups excluding carboxylic acids is 1. The van der Waals surface area contributed by atoms with Crippen molar-refractivity contribution in [2.45, 2.75) is 26.2 Å². The molecule has 0 N–H and O–H groups in total. The lowest BCUT2D eigenvalue weighted by Gasteiger charge is -2.22. The van der Waals surface area contributed by atoms with Gasteiger partial charge >= 0.3 is 0 Å². The highest BCUT2D eigenvalue weighted by Crippen LogP contribution is 2.37. The maximum atomic E-state index is 12.6. The molecule has 2 rings (SSSR count). The van der Waals surface area contributed by atoms with E-state index in [9.17, 15) is 4.79 Å². The lowest BCUT2D eigenvalue weighted by Crippen LogP contribution is -2.34. The Labute approximate surface area is 138 Å². The normalized spacial score (nSPS) is 14.4. The van der Waals surface area contributed by atoms with E-state index in [4.69, 9.17) is 46.4 Å². The zero-order valence-corrected chi connectivity index (χ0v) is 14.0. The van der Waals surface area contributed by atoms with Crippen molar-refractivity contribution in [1.29, 1.82) is 0 Å². The first-order valence-electron chi connectivity index (χ1n) is 6.45. The molecule has 0 spiro atoms. The van der Waals surface area contributed by atoms with Crippen LogP contribution >= 0.6 is 46.4 Å². The fourth-order valence-electron chi connectivity index (χ4n) is 1.94. The van der Waals surface area contributed by atoms with E-state index in [-0.39, 0.29) is 31.8 Å². The summed E-state index contributed by atoms with van der Waals surface area (Å²) in [5.74, 6) is 0.340. The number of carbonyl (C=O) groups is 1. The summed E-state index contributed by atoms with van der Waals surface area (Å²) >= 11 is 23.8. The number of nitrogens with zero attached hydrogens (tertiary/aromatic N) is 2. The number of halogens is 4. The molecule has 0 radical (unpaired) electrons. The Morgan fingerprint density at radius 1 is 1.20 bits per heavy atom. The minimum absolute atomic E-state index is 0.00714. The number of hydrogen-bond donors (Lipinski definition) is 0. The largest absolute Gasteiger partial charge is 0.337 e. The molecular weight excluding hydrogens is 342 g/mol. The Bertz CT molecular complexity index is 532. The van der Waals surface area contributed by atoms with Crippen molar-refractivity contribution < 1.29 is 4.79 Å². The summed E-state index contributed by atoms with van der Waals surface area (Å²) in [6, 6.07) is 0. The molecule has 0 saturated heterocycles. The van der Waals surface area contributed by atoms with Crippen molar-refractivity contribution in [2.75, 3.05) is 13.1 Å². The molecule has 0 bridgehead atoms. The number of hydrogen-bond acceptors (Lipinski definition) is 2. The Morgan fingerprint density at radius 3 is 2.40 bits per heavy atom. The van der Waals surface area contributed by atoms with E-state index < -0.39 is 0 Å². The van der Waals surface area contributed by atoms with Crippen LogP contribution in [-0.4, -0.2) is 28.9 Å². The first kappa shape index (κ1) is 16.2. The quantitative estimate of drug-likeness (QED) is 0.699.